The summed E-state index contributed by atoms with van der Waals surface area (Å²) in [5.41, 5.74) is 5.29. The number of alkyl halides is 3. The van der Waals surface area contributed by atoms with E-state index in [4.69, 9.17) is 5.73 Å². The van der Waals surface area contributed by atoms with Crippen molar-refractivity contribution in [1.29, 1.82) is 0 Å². The zero-order chi connectivity index (χ0) is 14.0. The van der Waals surface area contributed by atoms with Crippen molar-refractivity contribution in [3.63, 3.8) is 0 Å². The highest BCUT2D eigenvalue weighted by Crippen LogP contribution is 2.37. The maximum absolute atomic E-state index is 13.0. The molecule has 2 N–H and O–H groups in total. The molecule has 1 unspecified atom stereocenters. The second kappa shape index (κ2) is 5.95. The maximum Gasteiger partial charge on any atom is 0.399 e. The van der Waals surface area contributed by atoms with E-state index in [0.717, 1.165) is 38.6 Å². The van der Waals surface area contributed by atoms with Gasteiger partial charge in [-0.05, 0) is 38.1 Å². The highest BCUT2D eigenvalue weighted by Gasteiger charge is 2.44. The zero-order valence-electron chi connectivity index (χ0n) is 11.0. The number of thiocarbonyl (C=S) groups is 1. The minimum Gasteiger partial charge on any atom is -0.393 e. The first-order chi connectivity index (χ1) is 8.89. The normalized spacial score (nSPS) is 30.7. The first kappa shape index (κ1) is 15.0. The molecule has 2 rings (SSSR count). The van der Waals surface area contributed by atoms with E-state index in [1.807, 2.05) is 4.90 Å². The number of hydrogen-bond donors (Lipinski definition) is 1. The molecule has 1 aliphatic heterocycles. The lowest BCUT2D eigenvalue weighted by Gasteiger charge is -2.45. The fourth-order valence-electron chi connectivity index (χ4n) is 3.54. The SMILES string of the molecule is NC(=S)C(CN1CCC[C@H]2CCCC[C@H]21)C(F)(F)F. The van der Waals surface area contributed by atoms with Gasteiger partial charge in [-0.1, -0.05) is 25.1 Å². The van der Waals surface area contributed by atoms with Crippen molar-refractivity contribution in [2.24, 2.45) is 17.6 Å². The fourth-order valence-corrected chi connectivity index (χ4v) is 3.75. The van der Waals surface area contributed by atoms with Crippen molar-refractivity contribution >= 4 is 17.2 Å². The van der Waals surface area contributed by atoms with E-state index in [2.05, 4.69) is 12.2 Å². The third-order valence-electron chi connectivity index (χ3n) is 4.51. The van der Waals surface area contributed by atoms with Crippen LogP contribution in [0, 0.1) is 11.8 Å². The van der Waals surface area contributed by atoms with Crippen molar-refractivity contribution in [3.05, 3.63) is 0 Å². The van der Waals surface area contributed by atoms with Crippen LogP contribution in [0.4, 0.5) is 13.2 Å². The molecule has 0 radical (unpaired) electrons. The minimum atomic E-state index is -4.33. The van der Waals surface area contributed by atoms with E-state index < -0.39 is 17.1 Å². The molecule has 2 fully saturated rings. The Morgan fingerprint density at radius 2 is 1.84 bits per heavy atom. The summed E-state index contributed by atoms with van der Waals surface area (Å²) in [5, 5.41) is 0. The van der Waals surface area contributed by atoms with E-state index in [0.29, 0.717) is 12.0 Å². The molecule has 0 aromatic carbocycles. The Balaban J connectivity index is 2.05. The zero-order valence-corrected chi connectivity index (χ0v) is 11.8. The van der Waals surface area contributed by atoms with E-state index in [9.17, 15) is 13.2 Å². The first-order valence-corrected chi connectivity index (χ1v) is 7.40. The molecular weight excluding hydrogens is 273 g/mol. The monoisotopic (exact) mass is 294 g/mol. The summed E-state index contributed by atoms with van der Waals surface area (Å²) in [7, 11) is 0. The van der Waals surface area contributed by atoms with Gasteiger partial charge in [-0.25, -0.2) is 0 Å². The molecule has 0 bridgehead atoms. The summed E-state index contributed by atoms with van der Waals surface area (Å²) in [5.74, 6) is -1.09. The average molecular weight is 294 g/mol. The molecule has 0 spiro atoms. The summed E-state index contributed by atoms with van der Waals surface area (Å²) in [4.78, 5) is 1.57. The summed E-state index contributed by atoms with van der Waals surface area (Å²) in [6.07, 6.45) is 2.34. The van der Waals surface area contributed by atoms with Crippen molar-refractivity contribution in [1.82, 2.24) is 4.90 Å². The van der Waals surface area contributed by atoms with Crippen LogP contribution in [-0.2, 0) is 0 Å². The first-order valence-electron chi connectivity index (χ1n) is 6.99. The van der Waals surface area contributed by atoms with E-state index in [1.54, 1.807) is 0 Å². The molecule has 1 aliphatic carbocycles. The summed E-state index contributed by atoms with van der Waals surface area (Å²) < 4.78 is 38.9. The van der Waals surface area contributed by atoms with Crippen LogP contribution in [0.15, 0.2) is 0 Å². The van der Waals surface area contributed by atoms with Crippen LogP contribution in [0.2, 0.25) is 0 Å². The van der Waals surface area contributed by atoms with Crippen molar-refractivity contribution in [2.75, 3.05) is 13.1 Å². The standard InChI is InChI=1S/C13H21F3N2S/c14-13(15,16)10(12(17)19)8-18-7-3-5-9-4-1-2-6-11(9)18/h9-11H,1-8H2,(H2,17,19)/t9-,10?,11-/m1/s1. The maximum atomic E-state index is 13.0. The molecule has 6 heteroatoms. The van der Waals surface area contributed by atoms with Gasteiger partial charge in [-0.2, -0.15) is 13.2 Å². The number of nitrogens with zero attached hydrogens (tertiary/aromatic N) is 1. The molecule has 0 aromatic heterocycles. The predicted octanol–water partition coefficient (Wildman–Crippen LogP) is 3.11. The average Bonchev–Trinajstić information content (AvgIpc) is 2.34. The van der Waals surface area contributed by atoms with Crippen LogP contribution in [0.5, 0.6) is 0 Å². The number of fused-ring (bicyclic) bond motifs is 1. The fraction of sp³-hybridized carbons (Fsp3) is 0.923. The third kappa shape index (κ3) is 3.60. The summed E-state index contributed by atoms with van der Waals surface area (Å²) >= 11 is 4.61. The third-order valence-corrected chi connectivity index (χ3v) is 4.80. The second-order valence-corrected chi connectivity index (χ2v) is 6.22. The second-order valence-electron chi connectivity index (χ2n) is 5.75. The molecule has 1 saturated heterocycles. The molecule has 1 saturated carbocycles. The number of likely N-dealkylation sites (tertiary alicyclic amines) is 1. The molecule has 19 heavy (non-hydrogen) atoms. The van der Waals surface area contributed by atoms with Gasteiger partial charge in [0.1, 0.15) is 5.92 Å². The van der Waals surface area contributed by atoms with Gasteiger partial charge in [0.05, 0.1) is 4.99 Å². The smallest absolute Gasteiger partial charge is 0.393 e. The number of nitrogens with two attached hydrogens (primary N) is 1. The molecular formula is C13H21F3N2S. The molecule has 2 aliphatic rings. The van der Waals surface area contributed by atoms with Gasteiger partial charge in [0.15, 0.2) is 0 Å². The molecule has 0 aromatic rings. The number of hydrogen-bond acceptors (Lipinski definition) is 2. The number of piperidine rings is 1. The molecule has 0 amide bonds. The van der Waals surface area contributed by atoms with Gasteiger partial charge in [-0.15, -0.1) is 0 Å². The van der Waals surface area contributed by atoms with E-state index in [1.165, 1.54) is 6.42 Å². The Morgan fingerprint density at radius 3 is 2.47 bits per heavy atom. The topological polar surface area (TPSA) is 29.3 Å². The van der Waals surface area contributed by atoms with Gasteiger partial charge in [0.25, 0.3) is 0 Å². The van der Waals surface area contributed by atoms with Crippen LogP contribution < -0.4 is 5.73 Å². The van der Waals surface area contributed by atoms with Gasteiger partial charge in [-0.3, -0.25) is 4.90 Å². The lowest BCUT2D eigenvalue weighted by molar-refractivity contribution is -0.162. The van der Waals surface area contributed by atoms with E-state index >= 15 is 0 Å². The highest BCUT2D eigenvalue weighted by atomic mass is 32.1. The van der Waals surface area contributed by atoms with Gasteiger partial charge in [0, 0.05) is 12.6 Å². The Hall–Kier alpha value is -0.360. The lowest BCUT2D eigenvalue weighted by Crippen LogP contribution is -2.52. The predicted molar refractivity (Wildman–Crippen MR) is 72.9 cm³/mol. The lowest BCUT2D eigenvalue weighted by atomic mass is 9.78. The van der Waals surface area contributed by atoms with Crippen LogP contribution in [-0.4, -0.2) is 35.2 Å². The van der Waals surface area contributed by atoms with Crippen LogP contribution in [0.3, 0.4) is 0 Å². The van der Waals surface area contributed by atoms with Crippen LogP contribution >= 0.6 is 12.2 Å². The van der Waals surface area contributed by atoms with Crippen molar-refractivity contribution < 1.29 is 13.2 Å². The van der Waals surface area contributed by atoms with Gasteiger partial charge in [0.2, 0.25) is 0 Å². The van der Waals surface area contributed by atoms with Crippen molar-refractivity contribution in [3.8, 4) is 0 Å². The molecule has 3 atom stereocenters. The largest absolute Gasteiger partial charge is 0.399 e. The number of rotatable bonds is 3. The summed E-state index contributed by atoms with van der Waals surface area (Å²) in [6.45, 7) is 0.691. The van der Waals surface area contributed by atoms with Gasteiger partial charge >= 0.3 is 6.18 Å². The Kier molecular flexibility index (Phi) is 4.71. The highest BCUT2D eigenvalue weighted by molar-refractivity contribution is 7.80. The van der Waals surface area contributed by atoms with Gasteiger partial charge < -0.3 is 5.73 Å². The Labute approximate surface area is 117 Å². The minimum absolute atomic E-state index is 0.0556. The number of halogens is 3. The molecule has 1 heterocycles. The van der Waals surface area contributed by atoms with E-state index in [-0.39, 0.29) is 6.54 Å². The quantitative estimate of drug-likeness (QED) is 0.811. The summed E-state index contributed by atoms with van der Waals surface area (Å²) in [6, 6.07) is 0.307. The molecule has 110 valence electrons. The van der Waals surface area contributed by atoms with Crippen LogP contribution in [0.25, 0.3) is 0 Å². The Morgan fingerprint density at radius 1 is 1.21 bits per heavy atom. The van der Waals surface area contributed by atoms with Crippen LogP contribution in [0.1, 0.15) is 38.5 Å². The Bertz CT molecular complexity index is 330. The molecule has 2 nitrogen and oxygen atoms in total. The van der Waals surface area contributed by atoms with Crippen molar-refractivity contribution in [2.45, 2.75) is 50.7 Å².